The van der Waals surface area contributed by atoms with Crippen molar-refractivity contribution in [1.82, 2.24) is 4.57 Å². The lowest BCUT2D eigenvalue weighted by molar-refractivity contribution is 0.769. The number of aryl methyl sites for hydroxylation is 1. The van der Waals surface area contributed by atoms with Crippen molar-refractivity contribution in [3.63, 3.8) is 0 Å². The van der Waals surface area contributed by atoms with E-state index in [1.807, 2.05) is 0 Å². The zero-order valence-electron chi connectivity index (χ0n) is 21.8. The fraction of sp³-hybridized carbons (Fsp3) is 0.0526. The van der Waals surface area contributed by atoms with Crippen molar-refractivity contribution in [1.29, 1.82) is 0 Å². The van der Waals surface area contributed by atoms with Crippen LogP contribution in [0.15, 0.2) is 146 Å². The zero-order valence-corrected chi connectivity index (χ0v) is 21.8. The summed E-state index contributed by atoms with van der Waals surface area (Å²) >= 11 is 0. The van der Waals surface area contributed by atoms with Crippen LogP contribution in [0.5, 0.6) is 0 Å². The van der Waals surface area contributed by atoms with Crippen molar-refractivity contribution in [3.8, 4) is 22.3 Å². The van der Waals surface area contributed by atoms with E-state index in [-0.39, 0.29) is 0 Å². The van der Waals surface area contributed by atoms with Gasteiger partial charge in [0, 0.05) is 28.9 Å². The van der Waals surface area contributed by atoms with Gasteiger partial charge in [-0.15, -0.1) is 0 Å². The van der Waals surface area contributed by atoms with Crippen LogP contribution in [0.25, 0.3) is 44.1 Å². The maximum atomic E-state index is 2.46. The summed E-state index contributed by atoms with van der Waals surface area (Å²) in [5, 5.41) is 2.61. The fourth-order valence-electron chi connectivity index (χ4n) is 7.06. The molecule has 1 heteroatoms. The Morgan fingerprint density at radius 2 is 1.05 bits per heavy atom. The second-order valence-corrected chi connectivity index (χ2v) is 10.6. The number of fused-ring (bicyclic) bond motifs is 6. The van der Waals surface area contributed by atoms with Gasteiger partial charge in [-0.1, -0.05) is 127 Å². The first-order valence-corrected chi connectivity index (χ1v) is 13.6. The van der Waals surface area contributed by atoms with Crippen molar-refractivity contribution in [2.75, 3.05) is 0 Å². The largest absolute Gasteiger partial charge is 0.344 e. The van der Waals surface area contributed by atoms with Crippen LogP contribution in [0.4, 0.5) is 0 Å². The van der Waals surface area contributed by atoms with Crippen molar-refractivity contribution in [2.24, 2.45) is 7.05 Å². The normalized spacial score (nSPS) is 13.5. The molecule has 0 radical (unpaired) electrons. The lowest BCUT2D eigenvalue weighted by Crippen LogP contribution is -2.28. The molecule has 6 aromatic carbocycles. The van der Waals surface area contributed by atoms with Crippen LogP contribution < -0.4 is 0 Å². The molecule has 0 fully saturated rings. The van der Waals surface area contributed by atoms with E-state index in [9.17, 15) is 0 Å². The Morgan fingerprint density at radius 1 is 0.462 bits per heavy atom. The van der Waals surface area contributed by atoms with E-state index < -0.39 is 5.41 Å². The van der Waals surface area contributed by atoms with E-state index in [1.165, 1.54) is 66.3 Å². The minimum atomic E-state index is -0.392. The Morgan fingerprint density at radius 3 is 1.82 bits per heavy atom. The molecule has 0 bridgehead atoms. The van der Waals surface area contributed by atoms with E-state index in [2.05, 4.69) is 157 Å². The number of aromatic nitrogens is 1. The second-order valence-electron chi connectivity index (χ2n) is 10.6. The predicted octanol–water partition coefficient (Wildman–Crippen LogP) is 9.36. The zero-order chi connectivity index (χ0) is 26.0. The number of benzene rings is 6. The number of hydrogen-bond acceptors (Lipinski definition) is 0. The van der Waals surface area contributed by atoms with Crippen molar-refractivity contribution in [2.45, 2.75) is 5.41 Å². The van der Waals surface area contributed by atoms with Gasteiger partial charge in [0.2, 0.25) is 0 Å². The van der Waals surface area contributed by atoms with Gasteiger partial charge in [-0.3, -0.25) is 0 Å². The second kappa shape index (κ2) is 8.31. The summed E-state index contributed by atoms with van der Waals surface area (Å²) in [6, 6.07) is 53.6. The highest BCUT2D eigenvalue weighted by Crippen LogP contribution is 2.56. The molecule has 0 N–H and O–H groups in total. The standard InChI is InChI=1S/C38H27N/c1-39-35-21-11-9-18-32(35)37-29(19-12-22-36(37)39)26-23-24-31-30-17-8-10-20-33(30)38(34(31)25-26,27-13-4-2-5-14-27)28-15-6-3-7-16-28/h2-25H,1H3. The number of rotatable bonds is 3. The summed E-state index contributed by atoms with van der Waals surface area (Å²) in [7, 11) is 2.17. The van der Waals surface area contributed by atoms with Crippen LogP contribution in [-0.2, 0) is 12.5 Å². The molecule has 0 amide bonds. The van der Waals surface area contributed by atoms with Crippen LogP contribution in [0.1, 0.15) is 22.3 Å². The minimum absolute atomic E-state index is 0.392. The van der Waals surface area contributed by atoms with Gasteiger partial charge < -0.3 is 4.57 Å². The molecular formula is C38H27N. The summed E-state index contributed by atoms with van der Waals surface area (Å²) in [5.74, 6) is 0. The Hall–Kier alpha value is -4.88. The lowest BCUT2D eigenvalue weighted by atomic mass is 9.67. The first-order chi connectivity index (χ1) is 19.3. The third-order valence-corrected chi connectivity index (χ3v) is 8.71. The molecule has 0 spiro atoms. The van der Waals surface area contributed by atoms with Gasteiger partial charge in [0.25, 0.3) is 0 Å². The van der Waals surface area contributed by atoms with E-state index in [1.54, 1.807) is 0 Å². The Kier molecular flexibility index (Phi) is 4.72. The Labute approximate surface area is 228 Å². The van der Waals surface area contributed by atoms with E-state index in [4.69, 9.17) is 0 Å². The maximum absolute atomic E-state index is 2.46. The van der Waals surface area contributed by atoms with Crippen LogP contribution in [-0.4, -0.2) is 4.57 Å². The van der Waals surface area contributed by atoms with Gasteiger partial charge in [-0.2, -0.15) is 0 Å². The molecule has 39 heavy (non-hydrogen) atoms. The highest BCUT2D eigenvalue weighted by molar-refractivity contribution is 6.15. The highest BCUT2D eigenvalue weighted by Gasteiger charge is 2.46. The highest BCUT2D eigenvalue weighted by atomic mass is 14.9. The van der Waals surface area contributed by atoms with E-state index in [0.717, 1.165) is 0 Å². The van der Waals surface area contributed by atoms with Gasteiger partial charge in [0.1, 0.15) is 0 Å². The molecule has 0 saturated heterocycles. The van der Waals surface area contributed by atoms with Crippen LogP contribution >= 0.6 is 0 Å². The molecular weight excluding hydrogens is 470 g/mol. The minimum Gasteiger partial charge on any atom is -0.344 e. The third kappa shape index (κ3) is 2.96. The topological polar surface area (TPSA) is 4.93 Å². The predicted molar refractivity (Wildman–Crippen MR) is 163 cm³/mol. The molecule has 1 nitrogen and oxygen atoms in total. The molecule has 1 aliphatic rings. The molecule has 184 valence electrons. The van der Waals surface area contributed by atoms with Crippen molar-refractivity contribution >= 4 is 21.8 Å². The summed E-state index contributed by atoms with van der Waals surface area (Å²) in [6.45, 7) is 0. The SMILES string of the molecule is Cn1c2ccccc2c2c(-c3ccc4c(c3)C(c3ccccc3)(c3ccccc3)c3ccccc3-4)cccc21. The molecule has 1 aromatic heterocycles. The quantitative estimate of drug-likeness (QED) is 0.229. The summed E-state index contributed by atoms with van der Waals surface area (Å²) in [5.41, 5.74) is 12.6. The summed E-state index contributed by atoms with van der Waals surface area (Å²) < 4.78 is 2.32. The Bertz CT molecular complexity index is 1970. The Balaban J connectivity index is 1.49. The van der Waals surface area contributed by atoms with Crippen molar-refractivity contribution < 1.29 is 0 Å². The van der Waals surface area contributed by atoms with Gasteiger partial charge in [-0.25, -0.2) is 0 Å². The van der Waals surface area contributed by atoms with Crippen LogP contribution in [0.2, 0.25) is 0 Å². The third-order valence-electron chi connectivity index (χ3n) is 8.71. The smallest absolute Gasteiger partial charge is 0.0713 e. The number of para-hydroxylation sites is 1. The molecule has 0 unspecified atom stereocenters. The lowest BCUT2D eigenvalue weighted by Gasteiger charge is -2.34. The summed E-state index contributed by atoms with van der Waals surface area (Å²) in [6.07, 6.45) is 0. The molecule has 0 aliphatic heterocycles. The van der Waals surface area contributed by atoms with Gasteiger partial charge >= 0.3 is 0 Å². The average Bonchev–Trinajstić information content (AvgIpc) is 3.48. The molecule has 0 saturated carbocycles. The molecule has 8 rings (SSSR count). The first-order valence-electron chi connectivity index (χ1n) is 13.6. The summed E-state index contributed by atoms with van der Waals surface area (Å²) in [4.78, 5) is 0. The molecule has 1 heterocycles. The van der Waals surface area contributed by atoms with Gasteiger partial charge in [0.05, 0.1) is 5.41 Å². The van der Waals surface area contributed by atoms with Gasteiger partial charge in [0.15, 0.2) is 0 Å². The van der Waals surface area contributed by atoms with E-state index in [0.29, 0.717) is 0 Å². The van der Waals surface area contributed by atoms with Crippen LogP contribution in [0, 0.1) is 0 Å². The van der Waals surface area contributed by atoms with E-state index >= 15 is 0 Å². The van der Waals surface area contributed by atoms with Gasteiger partial charge in [-0.05, 0) is 62.7 Å². The first kappa shape index (κ1) is 22.1. The number of nitrogens with zero attached hydrogens (tertiary/aromatic N) is 1. The molecule has 7 aromatic rings. The maximum Gasteiger partial charge on any atom is 0.0713 e. The molecule has 0 atom stereocenters. The van der Waals surface area contributed by atoms with Crippen LogP contribution in [0.3, 0.4) is 0 Å². The molecule has 1 aliphatic carbocycles. The monoisotopic (exact) mass is 497 g/mol. The fourth-order valence-corrected chi connectivity index (χ4v) is 7.06. The van der Waals surface area contributed by atoms with Crippen molar-refractivity contribution in [3.05, 3.63) is 168 Å². The average molecular weight is 498 g/mol. The number of hydrogen-bond donors (Lipinski definition) is 0.